The highest BCUT2D eigenvalue weighted by Crippen LogP contribution is 2.24. The SMILES string of the molecule is CNC(CCN(C)Cc1ccc(Cl)s1)c1ccccc1C. The van der Waals surface area contributed by atoms with E-state index in [0.29, 0.717) is 6.04 Å². The number of aryl methyl sites for hydroxylation is 1. The molecule has 0 aliphatic carbocycles. The summed E-state index contributed by atoms with van der Waals surface area (Å²) in [6.45, 7) is 4.19. The Labute approximate surface area is 136 Å². The summed E-state index contributed by atoms with van der Waals surface area (Å²) >= 11 is 7.64. The Morgan fingerprint density at radius 1 is 1.24 bits per heavy atom. The van der Waals surface area contributed by atoms with Crippen LogP contribution < -0.4 is 5.32 Å². The first-order chi connectivity index (χ1) is 10.1. The van der Waals surface area contributed by atoms with E-state index >= 15 is 0 Å². The minimum Gasteiger partial charge on any atom is -0.313 e. The second-order valence-electron chi connectivity index (χ2n) is 5.43. The molecule has 21 heavy (non-hydrogen) atoms. The lowest BCUT2D eigenvalue weighted by Gasteiger charge is -2.22. The van der Waals surface area contributed by atoms with Crippen LogP contribution in [0.2, 0.25) is 4.34 Å². The standard InChI is InChI=1S/C17H23ClN2S/c1-13-6-4-5-7-15(13)16(19-2)10-11-20(3)12-14-8-9-17(18)21-14/h4-9,16,19H,10-12H2,1-3H3. The average Bonchev–Trinajstić information content (AvgIpc) is 2.86. The van der Waals surface area contributed by atoms with Gasteiger partial charge in [-0.05, 0) is 50.7 Å². The monoisotopic (exact) mass is 322 g/mol. The van der Waals surface area contributed by atoms with Gasteiger partial charge >= 0.3 is 0 Å². The van der Waals surface area contributed by atoms with Gasteiger partial charge in [0.05, 0.1) is 4.34 Å². The van der Waals surface area contributed by atoms with Crippen LogP contribution in [-0.4, -0.2) is 25.5 Å². The Bertz CT molecular complexity index is 567. The molecular weight excluding hydrogens is 300 g/mol. The van der Waals surface area contributed by atoms with E-state index in [9.17, 15) is 0 Å². The van der Waals surface area contributed by atoms with Gasteiger partial charge < -0.3 is 10.2 Å². The zero-order valence-corrected chi connectivity index (χ0v) is 14.5. The lowest BCUT2D eigenvalue weighted by Crippen LogP contribution is -2.25. The average molecular weight is 323 g/mol. The van der Waals surface area contributed by atoms with E-state index in [0.717, 1.165) is 23.8 Å². The van der Waals surface area contributed by atoms with Gasteiger partial charge in [-0.1, -0.05) is 35.9 Å². The molecule has 0 saturated heterocycles. The molecule has 1 aromatic heterocycles. The minimum atomic E-state index is 0.403. The highest BCUT2D eigenvalue weighted by Gasteiger charge is 2.12. The molecule has 0 spiro atoms. The van der Waals surface area contributed by atoms with Crippen LogP contribution in [0.1, 0.15) is 28.5 Å². The van der Waals surface area contributed by atoms with Crippen LogP contribution in [0.4, 0.5) is 0 Å². The lowest BCUT2D eigenvalue weighted by molar-refractivity contribution is 0.306. The Morgan fingerprint density at radius 2 is 2.00 bits per heavy atom. The molecule has 0 bridgehead atoms. The van der Waals surface area contributed by atoms with Gasteiger partial charge in [-0.2, -0.15) is 0 Å². The van der Waals surface area contributed by atoms with E-state index in [1.165, 1.54) is 16.0 Å². The van der Waals surface area contributed by atoms with Crippen molar-refractivity contribution in [3.63, 3.8) is 0 Å². The second kappa shape index (κ2) is 7.95. The van der Waals surface area contributed by atoms with Crippen molar-refractivity contribution in [2.24, 2.45) is 0 Å². The van der Waals surface area contributed by atoms with E-state index in [4.69, 9.17) is 11.6 Å². The smallest absolute Gasteiger partial charge is 0.0931 e. The molecular formula is C17H23ClN2S. The van der Waals surface area contributed by atoms with Crippen LogP contribution in [0.3, 0.4) is 0 Å². The predicted molar refractivity (Wildman–Crippen MR) is 93.3 cm³/mol. The molecule has 1 atom stereocenters. The summed E-state index contributed by atoms with van der Waals surface area (Å²) in [5.74, 6) is 0. The van der Waals surface area contributed by atoms with Crippen molar-refractivity contribution >= 4 is 22.9 Å². The number of thiophene rings is 1. The molecule has 0 fully saturated rings. The van der Waals surface area contributed by atoms with Crippen molar-refractivity contribution in [1.29, 1.82) is 0 Å². The van der Waals surface area contributed by atoms with Crippen LogP contribution in [0.5, 0.6) is 0 Å². The highest BCUT2D eigenvalue weighted by atomic mass is 35.5. The van der Waals surface area contributed by atoms with Crippen LogP contribution >= 0.6 is 22.9 Å². The van der Waals surface area contributed by atoms with E-state index in [1.807, 2.05) is 13.1 Å². The molecule has 1 heterocycles. The number of benzene rings is 1. The first-order valence-corrected chi connectivity index (χ1v) is 8.45. The number of nitrogens with one attached hydrogen (secondary N) is 1. The van der Waals surface area contributed by atoms with Gasteiger partial charge in [0, 0.05) is 24.0 Å². The van der Waals surface area contributed by atoms with Gasteiger partial charge in [-0.25, -0.2) is 0 Å². The number of hydrogen-bond acceptors (Lipinski definition) is 3. The van der Waals surface area contributed by atoms with Crippen molar-refractivity contribution in [2.75, 3.05) is 20.6 Å². The molecule has 2 aromatic rings. The summed E-state index contributed by atoms with van der Waals surface area (Å²) in [6.07, 6.45) is 1.09. The summed E-state index contributed by atoms with van der Waals surface area (Å²) in [5, 5.41) is 3.44. The predicted octanol–water partition coefficient (Wildman–Crippen LogP) is 4.49. The first-order valence-electron chi connectivity index (χ1n) is 7.25. The van der Waals surface area contributed by atoms with Gasteiger partial charge in [0.2, 0.25) is 0 Å². The van der Waals surface area contributed by atoms with Crippen molar-refractivity contribution in [3.8, 4) is 0 Å². The van der Waals surface area contributed by atoms with Crippen LogP contribution in [0.25, 0.3) is 0 Å². The van der Waals surface area contributed by atoms with Gasteiger partial charge in [0.15, 0.2) is 0 Å². The largest absolute Gasteiger partial charge is 0.313 e. The third-order valence-electron chi connectivity index (χ3n) is 3.77. The molecule has 1 N–H and O–H groups in total. The lowest BCUT2D eigenvalue weighted by atomic mass is 9.99. The maximum Gasteiger partial charge on any atom is 0.0931 e. The third kappa shape index (κ3) is 4.82. The highest BCUT2D eigenvalue weighted by molar-refractivity contribution is 7.16. The number of halogens is 1. The number of rotatable bonds is 7. The van der Waals surface area contributed by atoms with E-state index in [2.05, 4.69) is 54.5 Å². The maximum absolute atomic E-state index is 5.98. The second-order valence-corrected chi connectivity index (χ2v) is 7.23. The fourth-order valence-electron chi connectivity index (χ4n) is 2.56. The fourth-order valence-corrected chi connectivity index (χ4v) is 3.73. The van der Waals surface area contributed by atoms with E-state index < -0.39 is 0 Å². The quantitative estimate of drug-likeness (QED) is 0.807. The topological polar surface area (TPSA) is 15.3 Å². The summed E-state index contributed by atoms with van der Waals surface area (Å²) in [5.41, 5.74) is 2.75. The van der Waals surface area contributed by atoms with Gasteiger partial charge in [-0.15, -0.1) is 11.3 Å². The maximum atomic E-state index is 5.98. The van der Waals surface area contributed by atoms with Gasteiger partial charge in [0.25, 0.3) is 0 Å². The Morgan fingerprint density at radius 3 is 2.62 bits per heavy atom. The Kier molecular flexibility index (Phi) is 6.24. The Hall–Kier alpha value is -0.870. The zero-order chi connectivity index (χ0) is 15.2. The summed E-state index contributed by atoms with van der Waals surface area (Å²) in [6, 6.07) is 13.1. The fraction of sp³-hybridized carbons (Fsp3) is 0.412. The van der Waals surface area contributed by atoms with Gasteiger partial charge in [-0.3, -0.25) is 0 Å². The molecule has 2 nitrogen and oxygen atoms in total. The van der Waals surface area contributed by atoms with Crippen molar-refractivity contribution < 1.29 is 0 Å². The molecule has 2 rings (SSSR count). The summed E-state index contributed by atoms with van der Waals surface area (Å²) < 4.78 is 0.867. The van der Waals surface area contributed by atoms with Crippen molar-refractivity contribution in [1.82, 2.24) is 10.2 Å². The molecule has 0 aliphatic heterocycles. The van der Waals surface area contributed by atoms with Crippen LogP contribution in [0, 0.1) is 6.92 Å². The first kappa shape index (κ1) is 16.5. The molecule has 1 aromatic carbocycles. The molecule has 4 heteroatoms. The van der Waals surface area contributed by atoms with E-state index in [1.54, 1.807) is 11.3 Å². The minimum absolute atomic E-state index is 0.403. The molecule has 1 unspecified atom stereocenters. The normalized spacial score (nSPS) is 12.8. The third-order valence-corrected chi connectivity index (χ3v) is 4.98. The van der Waals surface area contributed by atoms with E-state index in [-0.39, 0.29) is 0 Å². The molecule has 114 valence electrons. The molecule has 0 aliphatic rings. The summed E-state index contributed by atoms with van der Waals surface area (Å²) in [7, 11) is 4.20. The summed E-state index contributed by atoms with van der Waals surface area (Å²) in [4.78, 5) is 3.67. The van der Waals surface area contributed by atoms with Gasteiger partial charge in [0.1, 0.15) is 0 Å². The molecule has 0 radical (unpaired) electrons. The van der Waals surface area contributed by atoms with Crippen molar-refractivity contribution in [2.45, 2.75) is 25.9 Å². The molecule has 0 amide bonds. The number of nitrogens with zero attached hydrogens (tertiary/aromatic N) is 1. The molecule has 0 saturated carbocycles. The van der Waals surface area contributed by atoms with Crippen LogP contribution in [-0.2, 0) is 6.54 Å². The van der Waals surface area contributed by atoms with Crippen LogP contribution in [0.15, 0.2) is 36.4 Å². The Balaban J connectivity index is 1.89. The zero-order valence-electron chi connectivity index (χ0n) is 12.9. The van der Waals surface area contributed by atoms with Crippen molar-refractivity contribution in [3.05, 3.63) is 56.7 Å². The number of hydrogen-bond donors (Lipinski definition) is 1.